The molecule has 0 radical (unpaired) electrons. The lowest BCUT2D eigenvalue weighted by Crippen LogP contribution is -2.47. The molecule has 0 aliphatic carbocycles. The van der Waals surface area contributed by atoms with Crippen molar-refractivity contribution in [2.45, 2.75) is 37.4 Å². The van der Waals surface area contributed by atoms with Crippen LogP contribution in [0.3, 0.4) is 0 Å². The Kier molecular flexibility index (Phi) is 6.96. The van der Waals surface area contributed by atoms with Gasteiger partial charge in [-0.05, 0) is 30.5 Å². The predicted molar refractivity (Wildman–Crippen MR) is 83.6 cm³/mol. The molecule has 1 amide bonds. The van der Waals surface area contributed by atoms with Crippen LogP contribution in [0, 0.1) is 17.2 Å². The lowest BCUT2D eigenvalue weighted by atomic mass is 10.0. The van der Waals surface area contributed by atoms with Crippen LogP contribution in [0.2, 0.25) is 0 Å². The predicted octanol–water partition coefficient (Wildman–Crippen LogP) is 2.04. The van der Waals surface area contributed by atoms with Crippen LogP contribution in [0.5, 0.6) is 0 Å². The second kappa shape index (κ2) is 8.31. The van der Waals surface area contributed by atoms with E-state index in [4.69, 9.17) is 5.26 Å². The van der Waals surface area contributed by atoms with Gasteiger partial charge >= 0.3 is 6.18 Å². The highest BCUT2D eigenvalue weighted by atomic mass is 32.2. The van der Waals surface area contributed by atoms with Crippen LogP contribution in [-0.4, -0.2) is 26.9 Å². The van der Waals surface area contributed by atoms with Gasteiger partial charge in [-0.3, -0.25) is 4.79 Å². The first-order valence-electron chi connectivity index (χ1n) is 7.31. The van der Waals surface area contributed by atoms with Gasteiger partial charge < -0.3 is 5.32 Å². The zero-order valence-electron chi connectivity index (χ0n) is 13.6. The highest BCUT2D eigenvalue weighted by molar-refractivity contribution is 7.89. The summed E-state index contributed by atoms with van der Waals surface area (Å²) in [6.45, 7) is 3.20. The molecule has 0 aliphatic heterocycles. The van der Waals surface area contributed by atoms with E-state index in [9.17, 15) is 26.4 Å². The molecular weight excluding hydrogens is 359 g/mol. The summed E-state index contributed by atoms with van der Waals surface area (Å²) >= 11 is 0. The Balaban J connectivity index is 3.10. The zero-order chi connectivity index (χ0) is 19.3. The first-order valence-corrected chi connectivity index (χ1v) is 8.80. The van der Waals surface area contributed by atoms with Gasteiger partial charge in [-0.25, -0.2) is 8.42 Å². The van der Waals surface area contributed by atoms with E-state index >= 15 is 0 Å². The molecule has 0 saturated heterocycles. The van der Waals surface area contributed by atoms with E-state index in [-0.39, 0.29) is 18.9 Å². The van der Waals surface area contributed by atoms with Crippen LogP contribution in [-0.2, 0) is 21.0 Å². The van der Waals surface area contributed by atoms with Crippen molar-refractivity contribution in [3.8, 4) is 6.07 Å². The van der Waals surface area contributed by atoms with Gasteiger partial charge in [-0.1, -0.05) is 19.9 Å². The van der Waals surface area contributed by atoms with Crippen LogP contribution >= 0.6 is 0 Å². The number of carbonyl (C=O) groups excluding carboxylic acids is 1. The van der Waals surface area contributed by atoms with Gasteiger partial charge in [-0.15, -0.1) is 0 Å². The van der Waals surface area contributed by atoms with E-state index < -0.39 is 38.6 Å². The lowest BCUT2D eigenvalue weighted by Gasteiger charge is -2.20. The van der Waals surface area contributed by atoms with Crippen LogP contribution < -0.4 is 10.0 Å². The molecule has 1 rings (SSSR count). The molecule has 10 heteroatoms. The third-order valence-corrected chi connectivity index (χ3v) is 4.60. The maximum atomic E-state index is 12.7. The molecule has 1 atom stereocenters. The summed E-state index contributed by atoms with van der Waals surface area (Å²) in [4.78, 5) is 11.4. The number of hydrogen-bond donors (Lipinski definition) is 2. The van der Waals surface area contributed by atoms with E-state index in [1.807, 2.05) is 0 Å². The van der Waals surface area contributed by atoms with Crippen LogP contribution in [0.25, 0.3) is 0 Å². The Morgan fingerprint density at radius 1 is 1.32 bits per heavy atom. The van der Waals surface area contributed by atoms with Crippen molar-refractivity contribution in [1.82, 2.24) is 10.0 Å². The Morgan fingerprint density at radius 3 is 2.48 bits per heavy atom. The number of nitriles is 1. The average molecular weight is 377 g/mol. The van der Waals surface area contributed by atoms with Gasteiger partial charge in [0.15, 0.2) is 0 Å². The number of alkyl halides is 3. The molecule has 138 valence electrons. The minimum absolute atomic E-state index is 0.0676. The van der Waals surface area contributed by atoms with Crippen molar-refractivity contribution in [1.29, 1.82) is 5.26 Å². The zero-order valence-corrected chi connectivity index (χ0v) is 14.4. The number of amides is 1. The minimum atomic E-state index is -4.69. The molecule has 0 heterocycles. The number of sulfonamides is 1. The maximum absolute atomic E-state index is 12.7. The summed E-state index contributed by atoms with van der Waals surface area (Å²) in [5.74, 6) is -0.784. The van der Waals surface area contributed by atoms with Gasteiger partial charge in [-0.2, -0.15) is 23.2 Å². The molecule has 0 aromatic heterocycles. The van der Waals surface area contributed by atoms with Gasteiger partial charge in [0, 0.05) is 0 Å². The Morgan fingerprint density at radius 2 is 1.96 bits per heavy atom. The van der Waals surface area contributed by atoms with E-state index in [1.165, 1.54) is 0 Å². The highest BCUT2D eigenvalue weighted by Gasteiger charge is 2.32. The molecule has 0 bridgehead atoms. The molecule has 1 aromatic rings. The summed E-state index contributed by atoms with van der Waals surface area (Å²) in [5, 5.41) is 10.7. The largest absolute Gasteiger partial charge is 0.416 e. The Bertz CT molecular complexity index is 755. The summed E-state index contributed by atoms with van der Waals surface area (Å²) in [7, 11) is -4.35. The maximum Gasteiger partial charge on any atom is 0.416 e. The quantitative estimate of drug-likeness (QED) is 0.711. The first-order chi connectivity index (χ1) is 11.5. The highest BCUT2D eigenvalue weighted by Crippen LogP contribution is 2.30. The van der Waals surface area contributed by atoms with Gasteiger partial charge in [0.25, 0.3) is 0 Å². The lowest BCUT2D eigenvalue weighted by molar-refractivity contribution is -0.137. The van der Waals surface area contributed by atoms with Gasteiger partial charge in [0.2, 0.25) is 15.9 Å². The van der Waals surface area contributed by atoms with Crippen molar-refractivity contribution < 1.29 is 26.4 Å². The fraction of sp³-hybridized carbons (Fsp3) is 0.467. The van der Waals surface area contributed by atoms with Gasteiger partial charge in [0.05, 0.1) is 16.5 Å². The monoisotopic (exact) mass is 377 g/mol. The van der Waals surface area contributed by atoms with Crippen LogP contribution in [0.15, 0.2) is 29.2 Å². The molecule has 0 saturated carbocycles. The van der Waals surface area contributed by atoms with Crippen molar-refractivity contribution in [2.24, 2.45) is 5.92 Å². The molecule has 2 N–H and O–H groups in total. The number of halogens is 3. The number of nitrogens with one attached hydrogen (secondary N) is 2. The average Bonchev–Trinajstić information content (AvgIpc) is 2.50. The summed E-state index contributed by atoms with van der Waals surface area (Å²) < 4.78 is 65.1. The molecule has 0 fully saturated rings. The number of carbonyl (C=O) groups is 1. The molecule has 25 heavy (non-hydrogen) atoms. The number of hydrogen-bond acceptors (Lipinski definition) is 4. The molecule has 0 unspecified atom stereocenters. The molecule has 0 aliphatic rings. The first kappa shape index (κ1) is 20.9. The minimum Gasteiger partial charge on any atom is -0.342 e. The molecule has 1 aromatic carbocycles. The second-order valence-corrected chi connectivity index (χ2v) is 7.42. The van der Waals surface area contributed by atoms with Crippen molar-refractivity contribution in [2.75, 3.05) is 6.54 Å². The van der Waals surface area contributed by atoms with E-state index in [2.05, 4.69) is 10.0 Å². The van der Waals surface area contributed by atoms with E-state index in [1.54, 1.807) is 19.9 Å². The van der Waals surface area contributed by atoms with Crippen molar-refractivity contribution in [3.05, 3.63) is 29.8 Å². The second-order valence-electron chi connectivity index (χ2n) is 5.70. The Labute approximate surface area is 144 Å². The molecular formula is C15H18F3N3O3S. The Hall–Kier alpha value is -2.12. The van der Waals surface area contributed by atoms with Crippen LogP contribution in [0.4, 0.5) is 13.2 Å². The van der Waals surface area contributed by atoms with Crippen molar-refractivity contribution >= 4 is 15.9 Å². The van der Waals surface area contributed by atoms with E-state index in [0.717, 1.165) is 18.2 Å². The number of benzene rings is 1. The normalized spacial score (nSPS) is 13.3. The van der Waals surface area contributed by atoms with E-state index in [0.29, 0.717) is 6.07 Å². The number of rotatable bonds is 7. The summed E-state index contributed by atoms with van der Waals surface area (Å²) in [6.07, 6.45) is -4.57. The fourth-order valence-corrected chi connectivity index (χ4v) is 3.28. The summed E-state index contributed by atoms with van der Waals surface area (Å²) in [6, 6.07) is 3.73. The third-order valence-electron chi connectivity index (χ3n) is 3.13. The topological polar surface area (TPSA) is 99.1 Å². The smallest absolute Gasteiger partial charge is 0.342 e. The fourth-order valence-electron chi connectivity index (χ4n) is 2.02. The third kappa shape index (κ3) is 6.36. The molecule has 6 nitrogen and oxygen atoms in total. The SMILES string of the molecule is CC(C)C[C@H](NS(=O)(=O)c1cccc(C(F)(F)F)c1)C(=O)NCC#N. The van der Waals surface area contributed by atoms with Crippen molar-refractivity contribution in [3.63, 3.8) is 0 Å². The summed E-state index contributed by atoms with van der Waals surface area (Å²) in [5.41, 5.74) is -1.11. The van der Waals surface area contributed by atoms with Gasteiger partial charge in [0.1, 0.15) is 12.6 Å². The standard InChI is InChI=1S/C15H18F3N3O3S/c1-10(2)8-13(14(22)20-7-6-19)21-25(23,24)12-5-3-4-11(9-12)15(16,17)18/h3-5,9-10,13,21H,7-8H2,1-2H3,(H,20,22)/t13-/m0/s1. The molecule has 0 spiro atoms. The van der Waals surface area contributed by atoms with Crippen LogP contribution in [0.1, 0.15) is 25.8 Å². The number of nitrogens with zero attached hydrogens (tertiary/aromatic N) is 1.